The molecule has 1 N–H and O–H groups in total. The maximum atomic E-state index is 12.2. The SMILES string of the molecule is COCCC1(CNS(=O)(=O)c2cnc(Cl)c(Cl)c2)CC1. The summed E-state index contributed by atoms with van der Waals surface area (Å²) >= 11 is 11.5. The Labute approximate surface area is 128 Å². The van der Waals surface area contributed by atoms with E-state index >= 15 is 0 Å². The second-order valence-electron chi connectivity index (χ2n) is 5.01. The van der Waals surface area contributed by atoms with Gasteiger partial charge in [0, 0.05) is 26.5 Å². The molecule has 1 aliphatic rings. The first-order valence-electron chi connectivity index (χ1n) is 6.18. The van der Waals surface area contributed by atoms with Gasteiger partial charge in [-0.3, -0.25) is 0 Å². The highest BCUT2D eigenvalue weighted by molar-refractivity contribution is 7.89. The summed E-state index contributed by atoms with van der Waals surface area (Å²) in [4.78, 5) is 3.77. The monoisotopic (exact) mass is 338 g/mol. The van der Waals surface area contributed by atoms with Crippen molar-refractivity contribution in [3.63, 3.8) is 0 Å². The second-order valence-corrected chi connectivity index (χ2v) is 7.54. The lowest BCUT2D eigenvalue weighted by atomic mass is 10.0. The van der Waals surface area contributed by atoms with Crippen molar-refractivity contribution in [3.05, 3.63) is 22.4 Å². The molecule has 20 heavy (non-hydrogen) atoms. The van der Waals surface area contributed by atoms with Crippen LogP contribution in [0, 0.1) is 5.41 Å². The standard InChI is InChI=1S/C12H16Cl2N2O3S/c1-19-5-4-12(2-3-12)8-16-20(17,18)9-6-10(13)11(14)15-7-9/h6-7,16H,2-5,8H2,1H3. The smallest absolute Gasteiger partial charge is 0.242 e. The van der Waals surface area contributed by atoms with Gasteiger partial charge in [0.25, 0.3) is 0 Å². The molecule has 1 aliphatic carbocycles. The molecule has 0 radical (unpaired) electrons. The molecule has 112 valence electrons. The Balaban J connectivity index is 2.02. The predicted molar refractivity (Wildman–Crippen MR) is 77.6 cm³/mol. The number of nitrogens with zero attached hydrogens (tertiary/aromatic N) is 1. The Hall–Kier alpha value is -0.400. The minimum atomic E-state index is -3.61. The van der Waals surface area contributed by atoms with Crippen molar-refractivity contribution in [2.45, 2.75) is 24.2 Å². The highest BCUT2D eigenvalue weighted by atomic mass is 35.5. The Morgan fingerprint density at radius 2 is 2.15 bits per heavy atom. The number of hydrogen-bond donors (Lipinski definition) is 1. The summed E-state index contributed by atoms with van der Waals surface area (Å²) < 4.78 is 32.0. The minimum Gasteiger partial charge on any atom is -0.385 e. The average Bonchev–Trinajstić information content (AvgIpc) is 3.18. The lowest BCUT2D eigenvalue weighted by molar-refractivity contribution is 0.173. The molecule has 8 heteroatoms. The zero-order chi connectivity index (χ0) is 14.8. The summed E-state index contributed by atoms with van der Waals surface area (Å²) in [5.74, 6) is 0. The quantitative estimate of drug-likeness (QED) is 0.775. The summed E-state index contributed by atoms with van der Waals surface area (Å²) in [6, 6.07) is 1.30. The molecule has 0 spiro atoms. The predicted octanol–water partition coefficient (Wildman–Crippen LogP) is 2.48. The fourth-order valence-electron chi connectivity index (χ4n) is 1.89. The fraction of sp³-hybridized carbons (Fsp3) is 0.583. The zero-order valence-electron chi connectivity index (χ0n) is 11.0. The van der Waals surface area contributed by atoms with E-state index in [1.807, 2.05) is 0 Å². The van der Waals surface area contributed by atoms with Gasteiger partial charge in [0.1, 0.15) is 10.0 Å². The van der Waals surface area contributed by atoms with Crippen LogP contribution < -0.4 is 4.72 Å². The number of rotatable bonds is 7. The summed E-state index contributed by atoms with van der Waals surface area (Å²) in [5, 5.41) is 0.208. The zero-order valence-corrected chi connectivity index (χ0v) is 13.4. The number of sulfonamides is 1. The molecule has 1 fully saturated rings. The van der Waals surface area contributed by atoms with Crippen LogP contribution in [0.4, 0.5) is 0 Å². The lowest BCUT2D eigenvalue weighted by Crippen LogP contribution is -2.31. The first-order valence-corrected chi connectivity index (χ1v) is 8.42. The van der Waals surface area contributed by atoms with E-state index < -0.39 is 10.0 Å². The van der Waals surface area contributed by atoms with Crippen molar-refractivity contribution >= 4 is 33.2 Å². The Kier molecular flexibility index (Phi) is 4.92. The van der Waals surface area contributed by atoms with Gasteiger partial charge in [-0.15, -0.1) is 0 Å². The van der Waals surface area contributed by atoms with Crippen LogP contribution >= 0.6 is 23.2 Å². The largest absolute Gasteiger partial charge is 0.385 e. The van der Waals surface area contributed by atoms with E-state index in [2.05, 4.69) is 9.71 Å². The van der Waals surface area contributed by atoms with E-state index in [1.54, 1.807) is 7.11 Å². The van der Waals surface area contributed by atoms with Crippen LogP contribution in [0.2, 0.25) is 10.2 Å². The topological polar surface area (TPSA) is 68.3 Å². The van der Waals surface area contributed by atoms with E-state index in [4.69, 9.17) is 27.9 Å². The fourth-order valence-corrected chi connectivity index (χ4v) is 3.35. The van der Waals surface area contributed by atoms with Crippen molar-refractivity contribution in [1.29, 1.82) is 0 Å². The molecule has 0 saturated heterocycles. The summed E-state index contributed by atoms with van der Waals surface area (Å²) in [6.07, 6.45) is 4.08. The second kappa shape index (κ2) is 6.15. The summed E-state index contributed by atoms with van der Waals surface area (Å²) in [7, 11) is -1.97. The van der Waals surface area contributed by atoms with Crippen LogP contribution in [-0.2, 0) is 14.8 Å². The van der Waals surface area contributed by atoms with Gasteiger partial charge in [-0.25, -0.2) is 18.1 Å². The number of methoxy groups -OCH3 is 1. The molecule has 1 aromatic rings. The molecule has 0 aliphatic heterocycles. The highest BCUT2D eigenvalue weighted by Crippen LogP contribution is 2.48. The third-order valence-electron chi connectivity index (χ3n) is 3.51. The van der Waals surface area contributed by atoms with Crippen LogP contribution in [0.25, 0.3) is 0 Å². The molecule has 0 aromatic carbocycles. The first kappa shape index (κ1) is 16.0. The van der Waals surface area contributed by atoms with E-state index in [0.717, 1.165) is 19.3 Å². The van der Waals surface area contributed by atoms with Crippen molar-refractivity contribution in [2.24, 2.45) is 5.41 Å². The summed E-state index contributed by atoms with van der Waals surface area (Å²) in [5.41, 5.74) is 0.0345. The molecular formula is C12H16Cl2N2O3S. The minimum absolute atomic E-state index is 0.0226. The van der Waals surface area contributed by atoms with Crippen molar-refractivity contribution in [3.8, 4) is 0 Å². The van der Waals surface area contributed by atoms with Gasteiger partial charge in [-0.05, 0) is 30.7 Å². The molecule has 2 rings (SSSR count). The molecule has 1 saturated carbocycles. The van der Waals surface area contributed by atoms with Crippen LogP contribution in [0.1, 0.15) is 19.3 Å². The molecule has 0 bridgehead atoms. The van der Waals surface area contributed by atoms with E-state index in [9.17, 15) is 8.42 Å². The Bertz CT molecular complexity index is 588. The van der Waals surface area contributed by atoms with E-state index in [0.29, 0.717) is 13.2 Å². The third-order valence-corrected chi connectivity index (χ3v) is 5.57. The number of aromatic nitrogens is 1. The van der Waals surface area contributed by atoms with E-state index in [1.165, 1.54) is 12.3 Å². The highest BCUT2D eigenvalue weighted by Gasteiger charge is 2.42. The first-order chi connectivity index (χ1) is 9.38. The molecule has 1 heterocycles. The van der Waals surface area contributed by atoms with Crippen molar-refractivity contribution < 1.29 is 13.2 Å². The number of pyridine rings is 1. The molecule has 0 amide bonds. The maximum Gasteiger partial charge on any atom is 0.242 e. The normalized spacial score (nSPS) is 17.1. The molecule has 1 aromatic heterocycles. The number of halogens is 2. The van der Waals surface area contributed by atoms with Gasteiger partial charge >= 0.3 is 0 Å². The Morgan fingerprint density at radius 3 is 2.70 bits per heavy atom. The van der Waals surface area contributed by atoms with Gasteiger partial charge < -0.3 is 4.74 Å². The lowest BCUT2D eigenvalue weighted by Gasteiger charge is -2.15. The number of ether oxygens (including phenoxy) is 1. The van der Waals surface area contributed by atoms with Crippen LogP contribution in [0.15, 0.2) is 17.2 Å². The molecular weight excluding hydrogens is 323 g/mol. The van der Waals surface area contributed by atoms with Crippen molar-refractivity contribution in [1.82, 2.24) is 9.71 Å². The van der Waals surface area contributed by atoms with Gasteiger partial charge in [-0.1, -0.05) is 23.2 Å². The maximum absolute atomic E-state index is 12.2. The Morgan fingerprint density at radius 1 is 1.45 bits per heavy atom. The number of nitrogens with one attached hydrogen (secondary N) is 1. The van der Waals surface area contributed by atoms with Crippen LogP contribution in [0.3, 0.4) is 0 Å². The van der Waals surface area contributed by atoms with Gasteiger partial charge in [0.15, 0.2) is 0 Å². The van der Waals surface area contributed by atoms with Gasteiger partial charge in [-0.2, -0.15) is 0 Å². The van der Waals surface area contributed by atoms with E-state index in [-0.39, 0.29) is 20.5 Å². The average molecular weight is 339 g/mol. The van der Waals surface area contributed by atoms with Crippen molar-refractivity contribution in [2.75, 3.05) is 20.3 Å². The van der Waals surface area contributed by atoms with Gasteiger partial charge in [0.2, 0.25) is 10.0 Å². The molecule has 0 atom stereocenters. The van der Waals surface area contributed by atoms with Crippen LogP contribution in [0.5, 0.6) is 0 Å². The molecule has 0 unspecified atom stereocenters. The van der Waals surface area contributed by atoms with Gasteiger partial charge in [0.05, 0.1) is 5.02 Å². The molecule has 5 nitrogen and oxygen atoms in total. The summed E-state index contributed by atoms with van der Waals surface area (Å²) in [6.45, 7) is 1.04. The number of hydrogen-bond acceptors (Lipinski definition) is 4. The third kappa shape index (κ3) is 3.83. The van der Waals surface area contributed by atoms with Crippen LogP contribution in [-0.4, -0.2) is 33.7 Å².